The minimum atomic E-state index is -0.205. The van der Waals surface area contributed by atoms with Crippen LogP contribution >= 0.6 is 0 Å². The normalized spacial score (nSPS) is 13.0. The van der Waals surface area contributed by atoms with Crippen molar-refractivity contribution in [2.24, 2.45) is 0 Å². The number of para-hydroxylation sites is 1. The molecule has 3 heteroatoms. The second-order valence-electron chi connectivity index (χ2n) is 17.1. The average Bonchev–Trinajstić information content (AvgIpc) is 3.79. The molecule has 0 radical (unpaired) electrons. The maximum absolute atomic E-state index is 6.09. The summed E-state index contributed by atoms with van der Waals surface area (Å²) in [6.45, 7) is 17.9. The van der Waals surface area contributed by atoms with Gasteiger partial charge in [0, 0.05) is 38.9 Å². The highest BCUT2D eigenvalue weighted by atomic mass is 16.5. The predicted molar refractivity (Wildman–Crippen MR) is 272 cm³/mol. The Labute approximate surface area is 376 Å². The van der Waals surface area contributed by atoms with E-state index < -0.39 is 0 Å². The van der Waals surface area contributed by atoms with Crippen molar-refractivity contribution in [2.75, 3.05) is 4.90 Å². The molecule has 0 saturated carbocycles. The van der Waals surface area contributed by atoms with Gasteiger partial charge in [-0.3, -0.25) is 0 Å². The van der Waals surface area contributed by atoms with Crippen molar-refractivity contribution in [1.29, 1.82) is 0 Å². The molecule has 0 saturated heterocycles. The first-order valence-electron chi connectivity index (χ1n) is 22.0. The van der Waals surface area contributed by atoms with Crippen molar-refractivity contribution in [2.45, 2.75) is 32.5 Å². The molecule has 0 N–H and O–H groups in total. The van der Waals surface area contributed by atoms with Crippen molar-refractivity contribution in [3.05, 3.63) is 253 Å². The van der Waals surface area contributed by atoms with Crippen LogP contribution in [-0.2, 0) is 23.4 Å². The number of ether oxygens (including phenoxy) is 1. The summed E-state index contributed by atoms with van der Waals surface area (Å²) in [5.74, 6) is 0. The lowest BCUT2D eigenvalue weighted by Crippen LogP contribution is -2.17. The molecule has 3 nitrogen and oxygen atoms in total. The predicted octanol–water partition coefficient (Wildman–Crippen LogP) is 16.4. The van der Waals surface area contributed by atoms with Crippen LogP contribution in [0.15, 0.2) is 226 Å². The lowest BCUT2D eigenvalue weighted by molar-refractivity contribution is 0.107. The topological polar surface area (TPSA) is 17.4 Å². The average molecular weight is 827 g/mol. The summed E-state index contributed by atoms with van der Waals surface area (Å²) < 4.78 is 8.45. The minimum absolute atomic E-state index is 0.205. The van der Waals surface area contributed by atoms with E-state index in [-0.39, 0.29) is 5.41 Å². The van der Waals surface area contributed by atoms with Gasteiger partial charge in [0.2, 0.25) is 0 Å². The molecule has 0 unspecified atom stereocenters. The number of benzene rings is 8. The van der Waals surface area contributed by atoms with Gasteiger partial charge in [0.25, 0.3) is 0 Å². The third-order valence-electron chi connectivity index (χ3n) is 12.9. The van der Waals surface area contributed by atoms with E-state index in [1.807, 2.05) is 18.2 Å². The molecular weight excluding hydrogens is 777 g/mol. The minimum Gasteiger partial charge on any atom is -0.372 e. The van der Waals surface area contributed by atoms with Crippen LogP contribution in [0.2, 0.25) is 0 Å². The molecule has 64 heavy (non-hydrogen) atoms. The molecule has 0 spiro atoms. The second-order valence-corrected chi connectivity index (χ2v) is 17.1. The van der Waals surface area contributed by atoms with E-state index in [1.54, 1.807) is 0 Å². The van der Waals surface area contributed by atoms with Crippen LogP contribution in [0.4, 0.5) is 17.1 Å². The van der Waals surface area contributed by atoms with Crippen molar-refractivity contribution in [1.82, 2.24) is 4.57 Å². The van der Waals surface area contributed by atoms with Crippen LogP contribution < -0.4 is 4.90 Å². The summed E-state index contributed by atoms with van der Waals surface area (Å²) in [5, 5.41) is 2.45. The first kappa shape index (κ1) is 40.4. The summed E-state index contributed by atoms with van der Waals surface area (Å²) in [6, 6.07) is 67.9. The highest BCUT2D eigenvalue weighted by Gasteiger charge is 2.36. The van der Waals surface area contributed by atoms with Crippen LogP contribution in [0.1, 0.15) is 41.7 Å². The van der Waals surface area contributed by atoms with E-state index in [0.717, 1.165) is 50.6 Å². The van der Waals surface area contributed by atoms with Gasteiger partial charge >= 0.3 is 0 Å². The summed E-state index contributed by atoms with van der Waals surface area (Å²) >= 11 is 0. The molecule has 0 bridgehead atoms. The summed E-state index contributed by atoms with van der Waals surface area (Å²) in [7, 11) is 0. The molecule has 8 aromatic carbocycles. The molecule has 10 rings (SSSR count). The second kappa shape index (κ2) is 16.9. The Morgan fingerprint density at radius 1 is 0.500 bits per heavy atom. The fourth-order valence-corrected chi connectivity index (χ4v) is 9.53. The monoisotopic (exact) mass is 826 g/mol. The number of fused-ring (bicyclic) bond motifs is 4. The molecule has 9 aromatic rings. The lowest BCUT2D eigenvalue weighted by Gasteiger charge is -2.29. The van der Waals surface area contributed by atoms with Gasteiger partial charge in [-0.2, -0.15) is 0 Å². The van der Waals surface area contributed by atoms with Crippen LogP contribution in [0, 0.1) is 0 Å². The molecule has 310 valence electrons. The highest BCUT2D eigenvalue weighted by molar-refractivity contribution is 6.10. The first-order chi connectivity index (χ1) is 31.3. The lowest BCUT2D eigenvalue weighted by atomic mass is 9.81. The third kappa shape index (κ3) is 7.30. The SMILES string of the molecule is C=CC1=C(C=C)C(C)(C)c2cc(N(c3ccc(-c4ccccc4)cc3)c3ccc(-c4ccc5c(c4)c4ccccc4n5-c4ccc(COCc5ccc(C=C)cc5)cc4)cc3)ccc21. The Hall–Kier alpha value is -7.72. The summed E-state index contributed by atoms with van der Waals surface area (Å²) in [6.07, 6.45) is 5.82. The van der Waals surface area contributed by atoms with Gasteiger partial charge in [-0.05, 0) is 128 Å². The number of nitrogens with zero attached hydrogens (tertiary/aromatic N) is 2. The Morgan fingerprint density at radius 3 is 1.70 bits per heavy atom. The first-order valence-corrected chi connectivity index (χ1v) is 22.0. The van der Waals surface area contributed by atoms with Crippen LogP contribution in [0.25, 0.3) is 61.4 Å². The number of anilines is 3. The molecule has 1 aliphatic rings. The van der Waals surface area contributed by atoms with Crippen LogP contribution in [0.3, 0.4) is 0 Å². The maximum atomic E-state index is 6.09. The quantitative estimate of drug-likeness (QED) is 0.115. The maximum Gasteiger partial charge on any atom is 0.0721 e. The zero-order chi connectivity index (χ0) is 43.8. The van der Waals surface area contributed by atoms with Crippen molar-refractivity contribution in [3.63, 3.8) is 0 Å². The molecule has 0 fully saturated rings. The van der Waals surface area contributed by atoms with Crippen LogP contribution in [0.5, 0.6) is 0 Å². The van der Waals surface area contributed by atoms with E-state index in [0.29, 0.717) is 13.2 Å². The Morgan fingerprint density at radius 2 is 1.06 bits per heavy atom. The molecule has 1 aliphatic carbocycles. The Bertz CT molecular complexity index is 3220. The Kier molecular flexibility index (Phi) is 10.6. The molecule has 1 heterocycles. The van der Waals surface area contributed by atoms with Gasteiger partial charge in [-0.25, -0.2) is 0 Å². The van der Waals surface area contributed by atoms with Crippen molar-refractivity contribution >= 4 is 50.5 Å². The van der Waals surface area contributed by atoms with E-state index in [4.69, 9.17) is 4.74 Å². The van der Waals surface area contributed by atoms with Gasteiger partial charge in [0.15, 0.2) is 0 Å². The van der Waals surface area contributed by atoms with Crippen molar-refractivity contribution < 1.29 is 4.74 Å². The number of allylic oxidation sites excluding steroid dienone is 4. The third-order valence-corrected chi connectivity index (χ3v) is 12.9. The van der Waals surface area contributed by atoms with E-state index in [1.165, 1.54) is 55.2 Å². The zero-order valence-electron chi connectivity index (χ0n) is 36.5. The number of rotatable bonds is 13. The van der Waals surface area contributed by atoms with Gasteiger partial charge in [0.1, 0.15) is 0 Å². The van der Waals surface area contributed by atoms with E-state index in [2.05, 4.69) is 231 Å². The fourth-order valence-electron chi connectivity index (χ4n) is 9.53. The Balaban J connectivity index is 0.966. The number of aromatic nitrogens is 1. The van der Waals surface area contributed by atoms with Crippen molar-refractivity contribution in [3.8, 4) is 27.9 Å². The largest absolute Gasteiger partial charge is 0.372 e. The molecule has 1 aromatic heterocycles. The van der Waals surface area contributed by atoms with Crippen LogP contribution in [-0.4, -0.2) is 4.57 Å². The molecule has 0 aliphatic heterocycles. The summed E-state index contributed by atoms with van der Waals surface area (Å²) in [4.78, 5) is 2.37. The smallest absolute Gasteiger partial charge is 0.0721 e. The molecular formula is C61H50N2O. The zero-order valence-corrected chi connectivity index (χ0v) is 36.5. The number of hydrogen-bond donors (Lipinski definition) is 0. The van der Waals surface area contributed by atoms with Gasteiger partial charge < -0.3 is 14.2 Å². The number of hydrogen-bond acceptors (Lipinski definition) is 2. The van der Waals surface area contributed by atoms with E-state index >= 15 is 0 Å². The van der Waals surface area contributed by atoms with Gasteiger partial charge in [-0.15, -0.1) is 0 Å². The van der Waals surface area contributed by atoms with Gasteiger partial charge in [0.05, 0.1) is 24.2 Å². The summed E-state index contributed by atoms with van der Waals surface area (Å²) in [5.41, 5.74) is 19.5. The fraction of sp³-hybridized carbons (Fsp3) is 0.0820. The molecule has 0 atom stereocenters. The van der Waals surface area contributed by atoms with Gasteiger partial charge in [-0.1, -0.05) is 173 Å². The van der Waals surface area contributed by atoms with E-state index in [9.17, 15) is 0 Å². The highest BCUT2D eigenvalue weighted by Crippen LogP contribution is 2.49. The molecule has 0 amide bonds. The standard InChI is InChI=1S/C61H50N2O/c1-6-42-18-20-43(21-19-42)40-64-41-44-22-29-51(30-23-44)63-59-17-13-12-16-55(59)56-38-48(28-37-60(56)63)47-26-33-50(34-27-47)62(49-31-24-46(25-32-49)45-14-10-9-11-15-45)52-35-36-54-53(7-2)57(8-3)61(4,5)58(54)39-52/h6-39H,1-3,40-41H2,4-5H3.